The van der Waals surface area contributed by atoms with Crippen LogP contribution in [0.15, 0.2) is 42.6 Å². The van der Waals surface area contributed by atoms with Gasteiger partial charge in [-0.1, -0.05) is 24.3 Å². The smallest absolute Gasteiger partial charge is 0.257 e. The Bertz CT molecular complexity index is 850. The Balaban J connectivity index is 1.26. The molecular weight excluding hydrogens is 380 g/mol. The van der Waals surface area contributed by atoms with Gasteiger partial charge in [0.15, 0.2) is 11.9 Å². The first-order valence-electron chi connectivity index (χ1n) is 10.7. The van der Waals surface area contributed by atoms with Crippen molar-refractivity contribution in [2.45, 2.75) is 44.5 Å². The van der Waals surface area contributed by atoms with E-state index in [2.05, 4.69) is 44.8 Å². The second-order valence-electron chi connectivity index (χ2n) is 8.04. The summed E-state index contributed by atoms with van der Waals surface area (Å²) in [6, 6.07) is 12.4. The van der Waals surface area contributed by atoms with Crippen molar-refractivity contribution in [1.82, 2.24) is 20.5 Å². The summed E-state index contributed by atoms with van der Waals surface area (Å²) in [7, 11) is 1.81. The Hall–Kier alpha value is -2.64. The van der Waals surface area contributed by atoms with Crippen molar-refractivity contribution >= 4 is 5.91 Å². The first kappa shape index (κ1) is 20.6. The highest BCUT2D eigenvalue weighted by Crippen LogP contribution is 2.34. The molecule has 2 atom stereocenters. The SMILES string of the molecule is CNC(C)C(=O)NC1CCN(Cc2ccc([C@H]3COc4cccnc4O3)cc2)CC1. The number of likely N-dealkylation sites (tertiary alicyclic amines) is 1. The maximum Gasteiger partial charge on any atom is 0.257 e. The van der Waals surface area contributed by atoms with Gasteiger partial charge in [-0.15, -0.1) is 0 Å². The number of carbonyl (C=O) groups is 1. The van der Waals surface area contributed by atoms with Gasteiger partial charge in [-0.05, 0) is 50.1 Å². The van der Waals surface area contributed by atoms with Crippen LogP contribution in [0.1, 0.15) is 37.0 Å². The van der Waals surface area contributed by atoms with E-state index in [1.807, 2.05) is 19.1 Å². The topological polar surface area (TPSA) is 75.7 Å². The molecular formula is C23H30N4O3. The van der Waals surface area contributed by atoms with Crippen LogP contribution in [-0.2, 0) is 11.3 Å². The molecule has 2 aliphatic heterocycles. The van der Waals surface area contributed by atoms with Crippen LogP contribution in [0.5, 0.6) is 11.6 Å². The maximum absolute atomic E-state index is 12.0. The third kappa shape index (κ3) is 4.91. The fraction of sp³-hybridized carbons (Fsp3) is 0.478. The number of pyridine rings is 1. The van der Waals surface area contributed by atoms with Gasteiger partial charge < -0.3 is 20.1 Å². The van der Waals surface area contributed by atoms with E-state index in [4.69, 9.17) is 9.47 Å². The Morgan fingerprint density at radius 1 is 1.23 bits per heavy atom. The van der Waals surface area contributed by atoms with Crippen LogP contribution in [0, 0.1) is 0 Å². The van der Waals surface area contributed by atoms with Gasteiger partial charge in [0.1, 0.15) is 6.61 Å². The normalized spacial score (nSPS) is 20.5. The standard InChI is InChI=1S/C23H30N4O3/c1-16(24-2)22(28)26-19-9-12-27(13-10-19)14-17-5-7-18(8-6-17)21-15-29-20-4-3-11-25-23(20)30-21/h3-8,11,16,19,21,24H,9-10,12-15H2,1-2H3,(H,26,28)/t16?,21-/m1/s1. The fourth-order valence-corrected chi connectivity index (χ4v) is 3.86. The molecule has 4 rings (SSSR count). The minimum absolute atomic E-state index is 0.0817. The highest BCUT2D eigenvalue weighted by atomic mass is 16.6. The third-order valence-corrected chi connectivity index (χ3v) is 5.90. The average molecular weight is 411 g/mol. The Morgan fingerprint density at radius 3 is 2.73 bits per heavy atom. The number of carbonyl (C=O) groups excluding carboxylic acids is 1. The molecule has 7 nitrogen and oxygen atoms in total. The van der Waals surface area contributed by atoms with Crippen LogP contribution in [0.4, 0.5) is 0 Å². The van der Waals surface area contributed by atoms with Gasteiger partial charge in [0.25, 0.3) is 5.88 Å². The minimum atomic E-state index is -0.149. The molecule has 3 heterocycles. The summed E-state index contributed by atoms with van der Waals surface area (Å²) in [5.41, 5.74) is 2.37. The molecule has 0 aliphatic carbocycles. The molecule has 1 fully saturated rings. The quantitative estimate of drug-likeness (QED) is 0.761. The maximum atomic E-state index is 12.0. The number of ether oxygens (including phenoxy) is 2. The second-order valence-corrected chi connectivity index (χ2v) is 8.04. The van der Waals surface area contributed by atoms with Crippen molar-refractivity contribution in [2.75, 3.05) is 26.7 Å². The molecule has 30 heavy (non-hydrogen) atoms. The van der Waals surface area contributed by atoms with Crippen LogP contribution >= 0.6 is 0 Å². The van der Waals surface area contributed by atoms with Gasteiger partial charge >= 0.3 is 0 Å². The number of fused-ring (bicyclic) bond motifs is 1. The monoisotopic (exact) mass is 410 g/mol. The van der Waals surface area contributed by atoms with Gasteiger partial charge in [0.2, 0.25) is 5.91 Å². The number of hydrogen-bond acceptors (Lipinski definition) is 6. The van der Waals surface area contributed by atoms with Gasteiger partial charge in [0, 0.05) is 31.9 Å². The molecule has 1 saturated heterocycles. The number of benzene rings is 1. The van der Waals surface area contributed by atoms with E-state index in [1.165, 1.54) is 5.56 Å². The number of rotatable bonds is 6. The number of amides is 1. The molecule has 1 aromatic heterocycles. The highest BCUT2D eigenvalue weighted by Gasteiger charge is 2.24. The number of hydrogen-bond donors (Lipinski definition) is 2. The van der Waals surface area contributed by atoms with E-state index in [9.17, 15) is 4.79 Å². The zero-order chi connectivity index (χ0) is 20.9. The van der Waals surface area contributed by atoms with Crippen LogP contribution < -0.4 is 20.1 Å². The zero-order valence-electron chi connectivity index (χ0n) is 17.6. The van der Waals surface area contributed by atoms with Gasteiger partial charge in [-0.25, -0.2) is 4.98 Å². The Morgan fingerprint density at radius 2 is 2.00 bits per heavy atom. The molecule has 2 N–H and O–H groups in total. The van der Waals surface area contributed by atoms with E-state index in [1.54, 1.807) is 13.2 Å². The first-order valence-corrected chi connectivity index (χ1v) is 10.7. The summed E-state index contributed by atoms with van der Waals surface area (Å²) in [4.78, 5) is 18.7. The molecule has 0 spiro atoms. The molecule has 2 aromatic rings. The van der Waals surface area contributed by atoms with E-state index in [0.717, 1.165) is 38.0 Å². The number of piperidine rings is 1. The van der Waals surface area contributed by atoms with Crippen molar-refractivity contribution in [3.8, 4) is 11.6 Å². The number of aromatic nitrogens is 1. The molecule has 1 unspecified atom stereocenters. The summed E-state index contributed by atoms with van der Waals surface area (Å²) in [6.45, 7) is 5.27. The highest BCUT2D eigenvalue weighted by molar-refractivity contribution is 5.81. The minimum Gasteiger partial charge on any atom is -0.484 e. The molecule has 2 aliphatic rings. The van der Waals surface area contributed by atoms with Crippen molar-refractivity contribution in [1.29, 1.82) is 0 Å². The average Bonchev–Trinajstić information content (AvgIpc) is 2.80. The van der Waals surface area contributed by atoms with Crippen molar-refractivity contribution in [3.63, 3.8) is 0 Å². The largest absolute Gasteiger partial charge is 0.484 e. The third-order valence-electron chi connectivity index (χ3n) is 5.90. The molecule has 0 bridgehead atoms. The summed E-state index contributed by atoms with van der Waals surface area (Å²) in [6.07, 6.45) is 3.55. The zero-order valence-corrected chi connectivity index (χ0v) is 17.6. The molecule has 0 radical (unpaired) electrons. The lowest BCUT2D eigenvalue weighted by Crippen LogP contribution is -2.49. The molecule has 1 aromatic carbocycles. The van der Waals surface area contributed by atoms with E-state index < -0.39 is 0 Å². The number of nitrogens with zero attached hydrogens (tertiary/aromatic N) is 2. The lowest BCUT2D eigenvalue weighted by Gasteiger charge is -2.33. The van der Waals surface area contributed by atoms with Crippen molar-refractivity contribution in [2.24, 2.45) is 0 Å². The summed E-state index contributed by atoms with van der Waals surface area (Å²) in [5.74, 6) is 1.33. The second kappa shape index (κ2) is 9.45. The van der Waals surface area contributed by atoms with Gasteiger partial charge in [0.05, 0.1) is 6.04 Å². The fourth-order valence-electron chi connectivity index (χ4n) is 3.86. The molecule has 160 valence electrons. The van der Waals surface area contributed by atoms with Crippen LogP contribution in [-0.4, -0.2) is 54.6 Å². The van der Waals surface area contributed by atoms with Crippen molar-refractivity contribution in [3.05, 3.63) is 53.7 Å². The van der Waals surface area contributed by atoms with E-state index in [-0.39, 0.29) is 24.1 Å². The first-order chi connectivity index (χ1) is 14.6. The van der Waals surface area contributed by atoms with E-state index >= 15 is 0 Å². The summed E-state index contributed by atoms with van der Waals surface area (Å²) < 4.78 is 11.8. The van der Waals surface area contributed by atoms with Crippen LogP contribution in [0.2, 0.25) is 0 Å². The number of likely N-dealkylation sites (N-methyl/N-ethyl adjacent to an activating group) is 1. The predicted molar refractivity (Wildman–Crippen MR) is 115 cm³/mol. The molecule has 1 amide bonds. The molecule has 0 saturated carbocycles. The van der Waals surface area contributed by atoms with Crippen molar-refractivity contribution < 1.29 is 14.3 Å². The van der Waals surface area contributed by atoms with Crippen LogP contribution in [0.25, 0.3) is 0 Å². The Labute approximate surface area is 177 Å². The number of nitrogens with one attached hydrogen (secondary N) is 2. The van der Waals surface area contributed by atoms with Gasteiger partial charge in [-0.3, -0.25) is 9.69 Å². The Kier molecular flexibility index (Phi) is 6.50. The molecule has 7 heteroatoms. The summed E-state index contributed by atoms with van der Waals surface area (Å²) >= 11 is 0. The predicted octanol–water partition coefficient (Wildman–Crippen LogP) is 2.28. The lowest BCUT2D eigenvalue weighted by atomic mass is 10.0. The lowest BCUT2D eigenvalue weighted by molar-refractivity contribution is -0.123. The summed E-state index contributed by atoms with van der Waals surface area (Å²) in [5, 5.41) is 6.13. The van der Waals surface area contributed by atoms with E-state index in [0.29, 0.717) is 18.2 Å². The van der Waals surface area contributed by atoms with Gasteiger partial charge in [-0.2, -0.15) is 0 Å². The van der Waals surface area contributed by atoms with Crippen LogP contribution in [0.3, 0.4) is 0 Å².